The molecule has 0 fully saturated rings. The van der Waals surface area contributed by atoms with E-state index in [1.807, 2.05) is 18.2 Å². The monoisotopic (exact) mass is 540 g/mol. The first kappa shape index (κ1) is 28.3. The van der Waals surface area contributed by atoms with Crippen LogP contribution in [-0.2, 0) is 25.7 Å². The van der Waals surface area contributed by atoms with Gasteiger partial charge in [-0.2, -0.15) is 0 Å². The fourth-order valence-corrected chi connectivity index (χ4v) is 4.39. The van der Waals surface area contributed by atoms with Gasteiger partial charge in [0.1, 0.15) is 17.4 Å². The van der Waals surface area contributed by atoms with Crippen molar-refractivity contribution in [2.45, 2.75) is 64.7 Å². The molecule has 0 saturated heterocycles. The Bertz CT molecular complexity index is 1340. The van der Waals surface area contributed by atoms with Crippen LogP contribution < -0.4 is 9.47 Å². The molecule has 3 aromatic carbocycles. The van der Waals surface area contributed by atoms with Crippen molar-refractivity contribution < 1.29 is 27.0 Å². The van der Waals surface area contributed by atoms with Gasteiger partial charge in [0.25, 0.3) is 0 Å². The van der Waals surface area contributed by atoms with Crippen LogP contribution in [0.3, 0.4) is 0 Å². The Kier molecular flexibility index (Phi) is 9.74. The van der Waals surface area contributed by atoms with Crippen LogP contribution in [0.15, 0.2) is 67.0 Å². The maximum absolute atomic E-state index is 15.2. The molecule has 0 aliphatic carbocycles. The maximum atomic E-state index is 15.2. The lowest BCUT2D eigenvalue weighted by Crippen LogP contribution is -2.17. The van der Waals surface area contributed by atoms with Gasteiger partial charge in [0.05, 0.1) is 19.0 Å². The average Bonchev–Trinajstić information content (AvgIpc) is 2.92. The van der Waals surface area contributed by atoms with Crippen LogP contribution in [0.2, 0.25) is 0 Å². The summed E-state index contributed by atoms with van der Waals surface area (Å²) in [6.07, 6.45) is 5.61. The number of alkyl halides is 3. The number of hydrogen-bond acceptors (Lipinski definition) is 4. The average molecular weight is 541 g/mol. The molecule has 39 heavy (non-hydrogen) atoms. The van der Waals surface area contributed by atoms with Gasteiger partial charge >= 0.3 is 6.36 Å². The van der Waals surface area contributed by atoms with Crippen molar-refractivity contribution in [2.75, 3.05) is 6.61 Å². The highest BCUT2D eigenvalue weighted by Gasteiger charge is 2.30. The Labute approximate surface area is 226 Å². The van der Waals surface area contributed by atoms with Crippen LogP contribution in [0.5, 0.6) is 11.5 Å². The minimum absolute atomic E-state index is 0.273. The zero-order valence-electron chi connectivity index (χ0n) is 21.9. The Morgan fingerprint density at radius 1 is 0.744 bits per heavy atom. The number of fused-ring (bicyclic) bond motifs is 1. The van der Waals surface area contributed by atoms with Crippen LogP contribution in [0.25, 0.3) is 10.8 Å². The van der Waals surface area contributed by atoms with Crippen molar-refractivity contribution >= 4 is 10.8 Å². The SMILES string of the molecule is CCCCCCOc1cnc(CCc2ccc3c(F)c(CCc4ccc(OC(F)(F)F)cc4)ccc3c2)nc1. The molecule has 0 atom stereocenters. The molecular formula is C31H32F4N2O2. The zero-order chi connectivity index (χ0) is 27.7. The van der Waals surface area contributed by atoms with E-state index in [9.17, 15) is 13.2 Å². The number of ether oxygens (including phenoxy) is 2. The Morgan fingerprint density at radius 3 is 2.18 bits per heavy atom. The van der Waals surface area contributed by atoms with E-state index in [4.69, 9.17) is 4.74 Å². The molecule has 1 aromatic heterocycles. The number of benzene rings is 3. The van der Waals surface area contributed by atoms with Gasteiger partial charge in [0, 0.05) is 11.8 Å². The number of rotatable bonds is 13. The summed E-state index contributed by atoms with van der Waals surface area (Å²) >= 11 is 0. The molecule has 1 heterocycles. The Balaban J connectivity index is 1.30. The zero-order valence-corrected chi connectivity index (χ0v) is 21.9. The van der Waals surface area contributed by atoms with Crippen LogP contribution >= 0.6 is 0 Å². The molecule has 4 rings (SSSR count). The standard InChI is InChI=1S/C31H32F4N2O2/c1-2-3-4-5-18-38-27-20-36-29(37-21-27)17-10-23-9-16-28-25(19-23)13-12-24(30(28)32)11-6-22-7-14-26(15-8-22)39-31(33,34)35/h7-9,12-16,19-21H,2-6,10-11,17-18H2,1H3. The lowest BCUT2D eigenvalue weighted by atomic mass is 9.98. The van der Waals surface area contributed by atoms with Crippen molar-refractivity contribution in [2.24, 2.45) is 0 Å². The van der Waals surface area contributed by atoms with E-state index in [2.05, 4.69) is 21.6 Å². The summed E-state index contributed by atoms with van der Waals surface area (Å²) in [5.74, 6) is 0.863. The maximum Gasteiger partial charge on any atom is 0.573 e. The molecule has 4 aromatic rings. The number of aromatic nitrogens is 2. The number of nitrogens with zero attached hydrogens (tertiary/aromatic N) is 2. The first-order valence-electron chi connectivity index (χ1n) is 13.3. The van der Waals surface area contributed by atoms with Crippen LogP contribution in [0.1, 0.15) is 55.1 Å². The Morgan fingerprint density at radius 2 is 1.46 bits per heavy atom. The molecule has 0 N–H and O–H groups in total. The fraction of sp³-hybridized carbons (Fsp3) is 0.355. The molecule has 0 aliphatic rings. The van der Waals surface area contributed by atoms with Gasteiger partial charge in [-0.25, -0.2) is 14.4 Å². The fourth-order valence-electron chi connectivity index (χ4n) is 4.39. The summed E-state index contributed by atoms with van der Waals surface area (Å²) in [5.41, 5.74) is 2.43. The van der Waals surface area contributed by atoms with Crippen molar-refractivity contribution in [3.63, 3.8) is 0 Å². The third-order valence-corrected chi connectivity index (χ3v) is 6.52. The first-order valence-corrected chi connectivity index (χ1v) is 13.3. The summed E-state index contributed by atoms with van der Waals surface area (Å²) in [7, 11) is 0. The molecule has 4 nitrogen and oxygen atoms in total. The highest BCUT2D eigenvalue weighted by molar-refractivity contribution is 5.84. The highest BCUT2D eigenvalue weighted by atomic mass is 19.4. The van der Waals surface area contributed by atoms with Crippen LogP contribution in [0, 0.1) is 5.82 Å². The summed E-state index contributed by atoms with van der Waals surface area (Å²) in [5, 5.41) is 1.36. The Hall–Kier alpha value is -3.68. The van der Waals surface area contributed by atoms with Crippen molar-refractivity contribution in [3.05, 3.63) is 95.3 Å². The van der Waals surface area contributed by atoms with Gasteiger partial charge < -0.3 is 9.47 Å². The molecule has 8 heteroatoms. The number of halogens is 4. The highest BCUT2D eigenvalue weighted by Crippen LogP contribution is 2.26. The largest absolute Gasteiger partial charge is 0.573 e. The van der Waals surface area contributed by atoms with Crippen molar-refractivity contribution in [1.82, 2.24) is 9.97 Å². The van der Waals surface area contributed by atoms with Gasteiger partial charge in [-0.1, -0.05) is 68.7 Å². The molecule has 0 saturated carbocycles. The minimum atomic E-state index is -4.72. The van der Waals surface area contributed by atoms with E-state index in [1.54, 1.807) is 36.7 Å². The molecule has 0 unspecified atom stereocenters. The lowest BCUT2D eigenvalue weighted by molar-refractivity contribution is -0.274. The third-order valence-electron chi connectivity index (χ3n) is 6.52. The third kappa shape index (κ3) is 8.67. The molecule has 0 aliphatic heterocycles. The number of hydrogen-bond donors (Lipinski definition) is 0. The van der Waals surface area contributed by atoms with Gasteiger partial charge in [-0.3, -0.25) is 0 Å². The second-order valence-electron chi connectivity index (χ2n) is 9.53. The quantitative estimate of drug-likeness (QED) is 0.127. The first-order chi connectivity index (χ1) is 18.8. The van der Waals surface area contributed by atoms with Gasteiger partial charge in [-0.05, 0) is 59.9 Å². The van der Waals surface area contributed by atoms with E-state index in [0.29, 0.717) is 42.6 Å². The topological polar surface area (TPSA) is 44.2 Å². The summed E-state index contributed by atoms with van der Waals surface area (Å²) < 4.78 is 61.8. The summed E-state index contributed by atoms with van der Waals surface area (Å²) in [6, 6.07) is 15.0. The summed E-state index contributed by atoms with van der Waals surface area (Å²) in [6.45, 7) is 2.85. The number of aryl methyl sites for hydroxylation is 4. The van der Waals surface area contributed by atoms with Crippen molar-refractivity contribution in [1.29, 1.82) is 0 Å². The molecule has 0 bridgehead atoms. The molecule has 0 amide bonds. The second-order valence-corrected chi connectivity index (χ2v) is 9.53. The predicted molar refractivity (Wildman–Crippen MR) is 144 cm³/mol. The van der Waals surface area contributed by atoms with Gasteiger partial charge in [-0.15, -0.1) is 13.2 Å². The van der Waals surface area contributed by atoms with E-state index in [0.717, 1.165) is 41.6 Å². The minimum Gasteiger partial charge on any atom is -0.490 e. The van der Waals surface area contributed by atoms with Crippen LogP contribution in [-0.4, -0.2) is 22.9 Å². The molecule has 206 valence electrons. The van der Waals surface area contributed by atoms with E-state index >= 15 is 4.39 Å². The van der Waals surface area contributed by atoms with E-state index < -0.39 is 6.36 Å². The van der Waals surface area contributed by atoms with Crippen LogP contribution in [0.4, 0.5) is 17.6 Å². The second kappa shape index (κ2) is 13.4. The van der Waals surface area contributed by atoms with Crippen molar-refractivity contribution in [3.8, 4) is 11.5 Å². The predicted octanol–water partition coefficient (Wildman–Crippen LogP) is 8.20. The van der Waals surface area contributed by atoms with E-state index in [1.165, 1.54) is 25.0 Å². The van der Waals surface area contributed by atoms with Gasteiger partial charge in [0.15, 0.2) is 5.75 Å². The van der Waals surface area contributed by atoms with Gasteiger partial charge in [0.2, 0.25) is 0 Å². The normalized spacial score (nSPS) is 11.6. The molecule has 0 radical (unpaired) electrons. The lowest BCUT2D eigenvalue weighted by Gasteiger charge is -2.10. The molecule has 0 spiro atoms. The molecular weight excluding hydrogens is 508 g/mol. The van der Waals surface area contributed by atoms with E-state index in [-0.39, 0.29) is 11.6 Å². The smallest absolute Gasteiger partial charge is 0.490 e. The number of unbranched alkanes of at least 4 members (excludes halogenated alkanes) is 3. The summed E-state index contributed by atoms with van der Waals surface area (Å²) in [4.78, 5) is 8.82.